The highest BCUT2D eigenvalue weighted by Crippen LogP contribution is 2.33. The van der Waals surface area contributed by atoms with Crippen molar-refractivity contribution in [3.63, 3.8) is 0 Å². The number of benzene rings is 1. The highest BCUT2D eigenvalue weighted by molar-refractivity contribution is 5.98. The lowest BCUT2D eigenvalue weighted by Gasteiger charge is -2.21. The van der Waals surface area contributed by atoms with Crippen LogP contribution in [0.5, 0.6) is 11.5 Å². The highest BCUT2D eigenvalue weighted by atomic mass is 16.6. The van der Waals surface area contributed by atoms with E-state index in [9.17, 15) is 4.79 Å². The molecule has 0 radical (unpaired) electrons. The number of rotatable bonds is 4. The topological polar surface area (TPSA) is 73.6 Å². The Morgan fingerprint density at radius 1 is 1.44 bits per heavy atom. The second-order valence-electron chi connectivity index (χ2n) is 4.14. The fourth-order valence-electron chi connectivity index (χ4n) is 1.84. The summed E-state index contributed by atoms with van der Waals surface area (Å²) in [6.07, 6.45) is 0.800. The molecule has 0 aliphatic carbocycles. The summed E-state index contributed by atoms with van der Waals surface area (Å²) in [6, 6.07) is 5.29. The van der Waals surface area contributed by atoms with Crippen molar-refractivity contribution in [1.82, 2.24) is 5.32 Å². The molecule has 1 atom stereocenters. The summed E-state index contributed by atoms with van der Waals surface area (Å²) >= 11 is 0. The van der Waals surface area contributed by atoms with E-state index in [2.05, 4.69) is 5.32 Å². The van der Waals surface area contributed by atoms with Gasteiger partial charge in [0, 0.05) is 12.6 Å². The minimum absolute atomic E-state index is 0.0159. The van der Waals surface area contributed by atoms with Gasteiger partial charge in [0.25, 0.3) is 5.91 Å². The van der Waals surface area contributed by atoms with E-state index in [1.807, 2.05) is 6.92 Å². The van der Waals surface area contributed by atoms with Gasteiger partial charge >= 0.3 is 0 Å². The Kier molecular flexibility index (Phi) is 4.04. The maximum atomic E-state index is 12.1. The molecule has 0 fully saturated rings. The van der Waals surface area contributed by atoms with Crippen LogP contribution < -0.4 is 20.5 Å². The first-order valence-corrected chi connectivity index (χ1v) is 6.15. The summed E-state index contributed by atoms with van der Waals surface area (Å²) in [5.41, 5.74) is 6.08. The van der Waals surface area contributed by atoms with Crippen molar-refractivity contribution in [3.8, 4) is 11.5 Å². The van der Waals surface area contributed by atoms with E-state index in [0.717, 1.165) is 6.42 Å². The van der Waals surface area contributed by atoms with Crippen LogP contribution in [0.4, 0.5) is 0 Å². The van der Waals surface area contributed by atoms with Gasteiger partial charge in [-0.3, -0.25) is 4.79 Å². The summed E-state index contributed by atoms with van der Waals surface area (Å²) in [7, 11) is 0. The molecule has 1 aliphatic rings. The maximum absolute atomic E-state index is 12.1. The van der Waals surface area contributed by atoms with Crippen LogP contribution in [0.3, 0.4) is 0 Å². The maximum Gasteiger partial charge on any atom is 0.255 e. The van der Waals surface area contributed by atoms with E-state index in [4.69, 9.17) is 15.2 Å². The largest absolute Gasteiger partial charge is 0.486 e. The van der Waals surface area contributed by atoms with Gasteiger partial charge in [-0.25, -0.2) is 0 Å². The Hall–Kier alpha value is -1.75. The lowest BCUT2D eigenvalue weighted by molar-refractivity contribution is 0.0926. The monoisotopic (exact) mass is 250 g/mol. The van der Waals surface area contributed by atoms with Gasteiger partial charge in [0.05, 0.1) is 5.56 Å². The van der Waals surface area contributed by atoms with E-state index < -0.39 is 0 Å². The normalized spacial score (nSPS) is 15.0. The Balaban J connectivity index is 2.20. The molecular weight excluding hydrogens is 232 g/mol. The van der Waals surface area contributed by atoms with Gasteiger partial charge in [-0.05, 0) is 18.6 Å². The number of hydrogen-bond acceptors (Lipinski definition) is 4. The van der Waals surface area contributed by atoms with Gasteiger partial charge in [0.2, 0.25) is 0 Å². The number of fused-ring (bicyclic) bond motifs is 1. The molecule has 0 spiro atoms. The number of carbonyl (C=O) groups is 1. The minimum Gasteiger partial charge on any atom is -0.486 e. The summed E-state index contributed by atoms with van der Waals surface area (Å²) in [5.74, 6) is 0.970. The van der Waals surface area contributed by atoms with Crippen molar-refractivity contribution in [2.75, 3.05) is 19.8 Å². The van der Waals surface area contributed by atoms with Crippen molar-refractivity contribution in [3.05, 3.63) is 23.8 Å². The number of carbonyl (C=O) groups excluding carboxylic acids is 1. The first kappa shape index (κ1) is 12.7. The van der Waals surface area contributed by atoms with E-state index >= 15 is 0 Å². The minimum atomic E-state index is -0.172. The highest BCUT2D eigenvalue weighted by Gasteiger charge is 2.21. The third kappa shape index (κ3) is 2.56. The fraction of sp³-hybridized carbons (Fsp3) is 0.462. The zero-order valence-electron chi connectivity index (χ0n) is 10.4. The molecule has 5 heteroatoms. The predicted molar refractivity (Wildman–Crippen MR) is 68.0 cm³/mol. The number of nitrogens with one attached hydrogen (secondary N) is 1. The smallest absolute Gasteiger partial charge is 0.255 e. The molecule has 1 unspecified atom stereocenters. The zero-order valence-corrected chi connectivity index (χ0v) is 10.4. The molecule has 98 valence electrons. The van der Waals surface area contributed by atoms with Gasteiger partial charge in [0.1, 0.15) is 13.2 Å². The molecule has 0 saturated carbocycles. The summed E-state index contributed by atoms with van der Waals surface area (Å²) in [4.78, 5) is 12.1. The molecule has 1 aromatic rings. The van der Waals surface area contributed by atoms with Crippen molar-refractivity contribution in [2.45, 2.75) is 19.4 Å². The molecular formula is C13H18N2O3. The molecule has 1 aromatic carbocycles. The molecule has 2 rings (SSSR count). The van der Waals surface area contributed by atoms with Crippen LogP contribution in [0.25, 0.3) is 0 Å². The van der Waals surface area contributed by atoms with Crippen molar-refractivity contribution < 1.29 is 14.3 Å². The molecule has 1 amide bonds. The number of para-hydroxylation sites is 1. The Morgan fingerprint density at radius 2 is 2.22 bits per heavy atom. The lowest BCUT2D eigenvalue weighted by Crippen LogP contribution is -2.40. The zero-order chi connectivity index (χ0) is 13.0. The third-order valence-electron chi connectivity index (χ3n) is 2.92. The summed E-state index contributed by atoms with van der Waals surface area (Å²) in [5, 5.41) is 2.88. The van der Waals surface area contributed by atoms with Gasteiger partial charge in [0.15, 0.2) is 11.5 Å². The first-order valence-electron chi connectivity index (χ1n) is 6.15. The molecule has 1 aliphatic heterocycles. The second kappa shape index (κ2) is 5.73. The predicted octanol–water partition coefficient (Wildman–Crippen LogP) is 0.925. The van der Waals surface area contributed by atoms with E-state index in [1.165, 1.54) is 0 Å². The van der Waals surface area contributed by atoms with Gasteiger partial charge in [-0.15, -0.1) is 0 Å². The quantitative estimate of drug-likeness (QED) is 0.833. The van der Waals surface area contributed by atoms with Crippen LogP contribution in [0.1, 0.15) is 23.7 Å². The Bertz CT molecular complexity index is 430. The molecule has 18 heavy (non-hydrogen) atoms. The number of ether oxygens (including phenoxy) is 2. The lowest BCUT2D eigenvalue weighted by atomic mass is 10.1. The molecule has 5 nitrogen and oxygen atoms in total. The van der Waals surface area contributed by atoms with E-state index in [-0.39, 0.29) is 11.9 Å². The SMILES string of the molecule is CCC(CN)NC(=O)c1cccc2c1OCCO2. The molecule has 0 saturated heterocycles. The fourth-order valence-corrected chi connectivity index (χ4v) is 1.84. The van der Waals surface area contributed by atoms with Crippen LogP contribution in [0.2, 0.25) is 0 Å². The number of amides is 1. The average molecular weight is 250 g/mol. The number of nitrogens with two attached hydrogens (primary N) is 1. The van der Waals surface area contributed by atoms with Crippen molar-refractivity contribution in [2.24, 2.45) is 5.73 Å². The molecule has 0 aromatic heterocycles. The number of hydrogen-bond donors (Lipinski definition) is 2. The van der Waals surface area contributed by atoms with Gasteiger partial charge in [-0.2, -0.15) is 0 Å². The summed E-state index contributed by atoms with van der Waals surface area (Å²) in [6.45, 7) is 3.39. The first-order chi connectivity index (χ1) is 8.76. The van der Waals surface area contributed by atoms with Crippen LogP contribution in [0.15, 0.2) is 18.2 Å². The van der Waals surface area contributed by atoms with Crippen LogP contribution in [-0.4, -0.2) is 31.7 Å². The average Bonchev–Trinajstić information content (AvgIpc) is 2.43. The third-order valence-corrected chi connectivity index (χ3v) is 2.92. The molecule has 1 heterocycles. The summed E-state index contributed by atoms with van der Waals surface area (Å²) < 4.78 is 10.9. The molecule has 0 bridgehead atoms. The Labute approximate surface area is 106 Å². The van der Waals surface area contributed by atoms with Crippen molar-refractivity contribution in [1.29, 1.82) is 0 Å². The van der Waals surface area contributed by atoms with Gasteiger partial charge < -0.3 is 20.5 Å². The van der Waals surface area contributed by atoms with E-state index in [0.29, 0.717) is 36.8 Å². The second-order valence-corrected chi connectivity index (χ2v) is 4.14. The van der Waals surface area contributed by atoms with Crippen LogP contribution in [0, 0.1) is 0 Å². The Morgan fingerprint density at radius 3 is 2.94 bits per heavy atom. The van der Waals surface area contributed by atoms with Gasteiger partial charge in [-0.1, -0.05) is 13.0 Å². The van der Waals surface area contributed by atoms with E-state index in [1.54, 1.807) is 18.2 Å². The van der Waals surface area contributed by atoms with Crippen LogP contribution in [-0.2, 0) is 0 Å². The van der Waals surface area contributed by atoms with Crippen molar-refractivity contribution >= 4 is 5.91 Å². The standard InChI is InChI=1S/C13H18N2O3/c1-2-9(8-14)15-13(16)10-4-3-5-11-12(10)18-7-6-17-11/h3-5,9H,2,6-8,14H2,1H3,(H,15,16). The van der Waals surface area contributed by atoms with Crippen LogP contribution >= 0.6 is 0 Å². The molecule has 3 N–H and O–H groups in total.